The van der Waals surface area contributed by atoms with E-state index in [1.165, 1.54) is 0 Å². The Hall–Kier alpha value is -0.910. The molecular weight excluding hydrogens is 262 g/mol. The number of sulfonamides is 1. The Balaban J connectivity index is 2.73. The summed E-state index contributed by atoms with van der Waals surface area (Å²) in [7, 11) is -3.47. The molecule has 1 unspecified atom stereocenters. The van der Waals surface area contributed by atoms with Crippen LogP contribution in [0, 0.1) is 11.8 Å². The normalized spacial score (nSPS) is 13.7. The first-order valence-corrected chi connectivity index (χ1v) is 8.03. The highest BCUT2D eigenvalue weighted by Crippen LogP contribution is 2.13. The molecule has 0 aliphatic heterocycles. The first-order valence-electron chi connectivity index (χ1n) is 6.54. The Labute approximate surface area is 115 Å². The van der Waals surface area contributed by atoms with Crippen molar-refractivity contribution in [2.75, 3.05) is 13.2 Å². The molecule has 0 heterocycles. The van der Waals surface area contributed by atoms with E-state index < -0.39 is 10.0 Å². The van der Waals surface area contributed by atoms with Gasteiger partial charge in [0.25, 0.3) is 0 Å². The second kappa shape index (κ2) is 7.03. The van der Waals surface area contributed by atoms with Crippen molar-refractivity contribution in [2.45, 2.75) is 32.1 Å². The van der Waals surface area contributed by atoms with E-state index in [9.17, 15) is 8.42 Å². The molecule has 0 aliphatic rings. The van der Waals surface area contributed by atoms with Gasteiger partial charge < -0.3 is 5.11 Å². The zero-order valence-electron chi connectivity index (χ0n) is 11.8. The molecule has 19 heavy (non-hydrogen) atoms. The van der Waals surface area contributed by atoms with Crippen molar-refractivity contribution in [1.29, 1.82) is 0 Å². The van der Waals surface area contributed by atoms with E-state index in [4.69, 9.17) is 5.11 Å². The Morgan fingerprint density at radius 3 is 2.21 bits per heavy atom. The summed E-state index contributed by atoms with van der Waals surface area (Å²) < 4.78 is 26.5. The summed E-state index contributed by atoms with van der Waals surface area (Å²) in [6.45, 7) is 6.25. The topological polar surface area (TPSA) is 66.4 Å². The number of hydrogen-bond donors (Lipinski definition) is 2. The van der Waals surface area contributed by atoms with Gasteiger partial charge in [0.1, 0.15) is 0 Å². The van der Waals surface area contributed by atoms with Gasteiger partial charge in [0.15, 0.2) is 0 Å². The number of rotatable bonds is 7. The lowest BCUT2D eigenvalue weighted by Crippen LogP contribution is -2.29. The highest BCUT2D eigenvalue weighted by Gasteiger charge is 2.14. The van der Waals surface area contributed by atoms with E-state index in [1.807, 2.05) is 12.1 Å². The van der Waals surface area contributed by atoms with Crippen LogP contribution in [-0.4, -0.2) is 26.7 Å². The highest BCUT2D eigenvalue weighted by atomic mass is 32.2. The predicted octanol–water partition coefficient (Wildman–Crippen LogP) is 1.79. The van der Waals surface area contributed by atoms with Crippen LogP contribution in [0.2, 0.25) is 0 Å². The van der Waals surface area contributed by atoms with Crippen LogP contribution in [0.25, 0.3) is 0 Å². The highest BCUT2D eigenvalue weighted by molar-refractivity contribution is 7.89. The summed E-state index contributed by atoms with van der Waals surface area (Å²) in [4.78, 5) is 0.269. The molecule has 1 rings (SSSR count). The van der Waals surface area contributed by atoms with E-state index in [2.05, 4.69) is 18.6 Å². The second-order valence-corrected chi connectivity index (χ2v) is 7.15. The standard InChI is InChI=1S/C14H23NO3S/c1-11(2)8-13-4-6-14(7-5-13)19(17,18)15-9-12(3)10-16/h4-7,11-12,15-16H,8-10H2,1-3H3. The van der Waals surface area contributed by atoms with Gasteiger partial charge in [-0.15, -0.1) is 0 Å². The Bertz CT molecular complexity index is 480. The van der Waals surface area contributed by atoms with Gasteiger partial charge in [-0.3, -0.25) is 0 Å². The monoisotopic (exact) mass is 285 g/mol. The average Bonchev–Trinajstić information content (AvgIpc) is 2.36. The minimum absolute atomic E-state index is 0.0319. The van der Waals surface area contributed by atoms with E-state index in [1.54, 1.807) is 19.1 Å². The smallest absolute Gasteiger partial charge is 0.240 e. The molecule has 0 aromatic heterocycles. The fraction of sp³-hybridized carbons (Fsp3) is 0.571. The number of hydrogen-bond acceptors (Lipinski definition) is 3. The van der Waals surface area contributed by atoms with E-state index >= 15 is 0 Å². The zero-order chi connectivity index (χ0) is 14.5. The number of aliphatic hydroxyl groups excluding tert-OH is 1. The molecule has 108 valence electrons. The molecule has 0 saturated heterocycles. The van der Waals surface area contributed by atoms with Crippen molar-refractivity contribution >= 4 is 10.0 Å². The summed E-state index contributed by atoms with van der Waals surface area (Å²) in [6, 6.07) is 6.96. The van der Waals surface area contributed by atoms with Gasteiger partial charge in [0, 0.05) is 13.2 Å². The van der Waals surface area contributed by atoms with Gasteiger partial charge in [0.05, 0.1) is 4.90 Å². The third-order valence-corrected chi connectivity index (χ3v) is 4.25. The molecule has 0 radical (unpaired) electrons. The van der Waals surface area contributed by atoms with Crippen LogP contribution >= 0.6 is 0 Å². The Morgan fingerprint density at radius 2 is 1.74 bits per heavy atom. The molecule has 0 spiro atoms. The maximum absolute atomic E-state index is 12.0. The lowest BCUT2D eigenvalue weighted by atomic mass is 10.0. The van der Waals surface area contributed by atoms with Crippen molar-refractivity contribution in [3.63, 3.8) is 0 Å². The third-order valence-electron chi connectivity index (χ3n) is 2.81. The summed E-state index contributed by atoms with van der Waals surface area (Å²) in [5.74, 6) is 0.459. The first kappa shape index (κ1) is 16.1. The van der Waals surface area contributed by atoms with Gasteiger partial charge in [-0.25, -0.2) is 13.1 Å². The van der Waals surface area contributed by atoms with Gasteiger partial charge in [-0.05, 0) is 36.0 Å². The Kier molecular flexibility index (Phi) is 5.97. The van der Waals surface area contributed by atoms with Crippen LogP contribution in [0.3, 0.4) is 0 Å². The van der Waals surface area contributed by atoms with Crippen LogP contribution in [-0.2, 0) is 16.4 Å². The first-order chi connectivity index (χ1) is 8.85. The average molecular weight is 285 g/mol. The fourth-order valence-corrected chi connectivity index (χ4v) is 2.84. The summed E-state index contributed by atoms with van der Waals surface area (Å²) in [6.07, 6.45) is 0.940. The summed E-state index contributed by atoms with van der Waals surface area (Å²) in [5.41, 5.74) is 1.14. The molecule has 2 N–H and O–H groups in total. The maximum atomic E-state index is 12.0. The maximum Gasteiger partial charge on any atom is 0.240 e. The number of nitrogens with one attached hydrogen (secondary N) is 1. The molecule has 0 aliphatic carbocycles. The third kappa shape index (κ3) is 5.30. The van der Waals surface area contributed by atoms with Gasteiger partial charge in [0.2, 0.25) is 10.0 Å². The minimum Gasteiger partial charge on any atom is -0.396 e. The molecular formula is C14H23NO3S. The molecule has 4 nitrogen and oxygen atoms in total. The van der Waals surface area contributed by atoms with Crippen LogP contribution in [0.5, 0.6) is 0 Å². The molecule has 1 atom stereocenters. The Morgan fingerprint density at radius 1 is 1.16 bits per heavy atom. The number of aliphatic hydroxyl groups is 1. The van der Waals surface area contributed by atoms with Crippen molar-refractivity contribution in [3.05, 3.63) is 29.8 Å². The van der Waals surface area contributed by atoms with E-state index in [0.29, 0.717) is 5.92 Å². The fourth-order valence-electron chi connectivity index (χ4n) is 1.68. The number of benzene rings is 1. The zero-order valence-corrected chi connectivity index (χ0v) is 12.6. The van der Waals surface area contributed by atoms with Crippen molar-refractivity contribution in [2.24, 2.45) is 11.8 Å². The quantitative estimate of drug-likeness (QED) is 0.802. The van der Waals surface area contributed by atoms with Crippen LogP contribution in [0.1, 0.15) is 26.3 Å². The molecule has 0 amide bonds. The lowest BCUT2D eigenvalue weighted by molar-refractivity contribution is 0.238. The van der Waals surface area contributed by atoms with Crippen LogP contribution < -0.4 is 4.72 Å². The molecule has 0 fully saturated rings. The molecule has 1 aromatic carbocycles. The lowest BCUT2D eigenvalue weighted by Gasteiger charge is -2.11. The van der Waals surface area contributed by atoms with Gasteiger partial charge in [-0.1, -0.05) is 32.9 Å². The van der Waals surface area contributed by atoms with Gasteiger partial charge >= 0.3 is 0 Å². The van der Waals surface area contributed by atoms with Crippen molar-refractivity contribution in [1.82, 2.24) is 4.72 Å². The van der Waals surface area contributed by atoms with E-state index in [0.717, 1.165) is 12.0 Å². The van der Waals surface area contributed by atoms with E-state index in [-0.39, 0.29) is 24.0 Å². The largest absolute Gasteiger partial charge is 0.396 e. The minimum atomic E-state index is -3.47. The van der Waals surface area contributed by atoms with Crippen molar-refractivity contribution in [3.8, 4) is 0 Å². The summed E-state index contributed by atoms with van der Waals surface area (Å²) in [5, 5.41) is 8.89. The van der Waals surface area contributed by atoms with Gasteiger partial charge in [-0.2, -0.15) is 0 Å². The van der Waals surface area contributed by atoms with Crippen LogP contribution in [0.15, 0.2) is 29.2 Å². The summed E-state index contributed by atoms with van der Waals surface area (Å²) >= 11 is 0. The molecule has 0 bridgehead atoms. The molecule has 0 saturated carbocycles. The van der Waals surface area contributed by atoms with Crippen molar-refractivity contribution < 1.29 is 13.5 Å². The molecule has 5 heteroatoms. The second-order valence-electron chi connectivity index (χ2n) is 5.38. The SMILES string of the molecule is CC(C)Cc1ccc(S(=O)(=O)NCC(C)CO)cc1. The predicted molar refractivity (Wildman–Crippen MR) is 76.4 cm³/mol. The molecule has 1 aromatic rings. The van der Waals surface area contributed by atoms with Crippen LogP contribution in [0.4, 0.5) is 0 Å².